The van der Waals surface area contributed by atoms with Crippen LogP contribution in [0.2, 0.25) is 0 Å². The van der Waals surface area contributed by atoms with E-state index in [2.05, 4.69) is 50.4 Å². The van der Waals surface area contributed by atoms with Crippen molar-refractivity contribution in [1.82, 2.24) is 10.2 Å². The molecule has 1 rings (SSSR count). The Balaban J connectivity index is 2.54. The van der Waals surface area contributed by atoms with Gasteiger partial charge in [-0.15, -0.1) is 0 Å². The number of rotatable bonds is 6. The third-order valence-electron chi connectivity index (χ3n) is 3.86. The van der Waals surface area contributed by atoms with Crippen LogP contribution in [0.15, 0.2) is 24.3 Å². The normalized spacial score (nSPS) is 12.6. The van der Waals surface area contributed by atoms with Crippen molar-refractivity contribution in [3.8, 4) is 0 Å². The summed E-state index contributed by atoms with van der Waals surface area (Å²) in [5.41, 5.74) is 2.66. The zero-order chi connectivity index (χ0) is 17.6. The summed E-state index contributed by atoms with van der Waals surface area (Å²) < 4.78 is 0. The van der Waals surface area contributed by atoms with Crippen molar-refractivity contribution in [1.29, 1.82) is 0 Å². The van der Waals surface area contributed by atoms with Crippen molar-refractivity contribution in [2.45, 2.75) is 32.7 Å². The van der Waals surface area contributed by atoms with Gasteiger partial charge in [0, 0.05) is 19.7 Å². The molecule has 1 aromatic carbocycles. The lowest BCUT2D eigenvalue weighted by molar-refractivity contribution is -0.885. The van der Waals surface area contributed by atoms with Crippen molar-refractivity contribution < 1.29 is 14.5 Å². The summed E-state index contributed by atoms with van der Waals surface area (Å²) in [5.74, 6) is -0.186. The van der Waals surface area contributed by atoms with Crippen molar-refractivity contribution >= 4 is 11.8 Å². The lowest BCUT2D eigenvalue weighted by Gasteiger charge is -2.21. The van der Waals surface area contributed by atoms with Crippen LogP contribution in [0.4, 0.5) is 0 Å². The summed E-state index contributed by atoms with van der Waals surface area (Å²) in [5, 5.41) is 2.52. The third kappa shape index (κ3) is 6.40. The Hall–Kier alpha value is -1.88. The Kier molecular flexibility index (Phi) is 6.76. The van der Waals surface area contributed by atoms with Crippen LogP contribution in [0.5, 0.6) is 0 Å². The Labute approximate surface area is 139 Å². The number of amides is 2. The highest BCUT2D eigenvalue weighted by Crippen LogP contribution is 2.21. The second-order valence-electron chi connectivity index (χ2n) is 7.18. The number of hydrogen-bond acceptors (Lipinski definition) is 2. The van der Waals surface area contributed by atoms with Crippen LogP contribution in [-0.4, -0.2) is 50.9 Å². The smallest absolute Gasteiger partial charge is 0.277 e. The Morgan fingerprint density at radius 2 is 1.74 bits per heavy atom. The molecule has 0 aliphatic carbocycles. The molecule has 2 amide bonds. The van der Waals surface area contributed by atoms with Crippen LogP contribution in [0.25, 0.3) is 0 Å². The number of carbonyl (C=O) groups excluding carboxylic acids is 2. The highest BCUT2D eigenvalue weighted by atomic mass is 16.2. The minimum atomic E-state index is -0.156. The van der Waals surface area contributed by atoms with Crippen LogP contribution in [0.3, 0.4) is 0 Å². The summed E-state index contributed by atoms with van der Waals surface area (Å²) in [4.78, 5) is 26.0. The van der Waals surface area contributed by atoms with E-state index in [0.29, 0.717) is 6.54 Å². The zero-order valence-corrected chi connectivity index (χ0v) is 15.2. The van der Waals surface area contributed by atoms with E-state index in [1.807, 2.05) is 7.05 Å². The van der Waals surface area contributed by atoms with Gasteiger partial charge in [0.15, 0.2) is 6.54 Å². The monoisotopic (exact) mass is 320 g/mol. The first-order valence-electron chi connectivity index (χ1n) is 7.98. The summed E-state index contributed by atoms with van der Waals surface area (Å²) >= 11 is 0. The molecule has 0 aliphatic rings. The zero-order valence-electron chi connectivity index (χ0n) is 15.2. The topological polar surface area (TPSA) is 53.9 Å². The Morgan fingerprint density at radius 1 is 1.17 bits per heavy atom. The molecule has 0 bridgehead atoms. The van der Waals surface area contributed by atoms with Crippen molar-refractivity contribution in [3.63, 3.8) is 0 Å². The number of carbonyl (C=O) groups is 2. The van der Waals surface area contributed by atoms with Crippen molar-refractivity contribution in [3.05, 3.63) is 35.4 Å². The largest absolute Gasteiger partial charge is 0.358 e. The average Bonchev–Trinajstić information content (AvgIpc) is 2.46. The molecule has 0 aromatic heterocycles. The fourth-order valence-electron chi connectivity index (χ4n) is 2.31. The molecule has 0 saturated heterocycles. The van der Waals surface area contributed by atoms with Gasteiger partial charge in [0.2, 0.25) is 5.91 Å². The van der Waals surface area contributed by atoms with Crippen LogP contribution < -0.4 is 10.2 Å². The number of quaternary nitrogens is 1. The first kappa shape index (κ1) is 19.2. The summed E-state index contributed by atoms with van der Waals surface area (Å²) in [6.45, 7) is 7.84. The van der Waals surface area contributed by atoms with E-state index in [-0.39, 0.29) is 23.8 Å². The van der Waals surface area contributed by atoms with E-state index < -0.39 is 0 Å². The fraction of sp³-hybridized carbons (Fsp3) is 0.556. The molecule has 0 heterocycles. The molecule has 5 heteroatoms. The average molecular weight is 320 g/mol. The molecule has 1 aromatic rings. The lowest BCUT2D eigenvalue weighted by Crippen LogP contribution is -3.08. The van der Waals surface area contributed by atoms with E-state index in [4.69, 9.17) is 0 Å². The predicted octanol–water partition coefficient (Wildman–Crippen LogP) is 0.203. The van der Waals surface area contributed by atoms with Gasteiger partial charge in [-0.2, -0.15) is 0 Å². The Morgan fingerprint density at radius 3 is 2.22 bits per heavy atom. The van der Waals surface area contributed by atoms with E-state index in [0.717, 1.165) is 11.4 Å². The minimum absolute atomic E-state index is 0.0302. The second kappa shape index (κ2) is 8.11. The SMILES string of the molecule is CNC(=O)CN(C)C(=O)C[NH+](C)Cc1ccc(C(C)(C)C)cc1. The lowest BCUT2D eigenvalue weighted by atomic mass is 9.87. The number of nitrogens with zero attached hydrogens (tertiary/aromatic N) is 1. The Bertz CT molecular complexity index is 532. The summed E-state index contributed by atoms with van der Waals surface area (Å²) in [7, 11) is 5.21. The number of benzene rings is 1. The second-order valence-corrected chi connectivity index (χ2v) is 7.18. The van der Waals surface area contributed by atoms with E-state index in [9.17, 15) is 9.59 Å². The standard InChI is InChI=1S/C18H29N3O2/c1-18(2,3)15-9-7-14(8-10-15)11-20(5)13-17(23)21(6)12-16(22)19-4/h7-10H,11-13H2,1-6H3,(H,19,22)/p+1. The summed E-state index contributed by atoms with van der Waals surface area (Å²) in [6.07, 6.45) is 0. The summed E-state index contributed by atoms with van der Waals surface area (Å²) in [6, 6.07) is 8.57. The molecule has 23 heavy (non-hydrogen) atoms. The van der Waals surface area contributed by atoms with Gasteiger partial charge in [-0.05, 0) is 11.0 Å². The molecule has 0 spiro atoms. The van der Waals surface area contributed by atoms with Gasteiger partial charge in [0.25, 0.3) is 5.91 Å². The maximum atomic E-state index is 12.1. The molecule has 1 atom stereocenters. The maximum Gasteiger partial charge on any atom is 0.277 e. The van der Waals surface area contributed by atoms with Crippen molar-refractivity contribution in [2.75, 3.05) is 34.2 Å². The molecule has 0 fully saturated rings. The number of hydrogen-bond donors (Lipinski definition) is 2. The third-order valence-corrected chi connectivity index (χ3v) is 3.86. The fourth-order valence-corrected chi connectivity index (χ4v) is 2.31. The van der Waals surface area contributed by atoms with E-state index >= 15 is 0 Å². The maximum absolute atomic E-state index is 12.1. The highest BCUT2D eigenvalue weighted by molar-refractivity contribution is 5.84. The number of likely N-dealkylation sites (N-methyl/N-ethyl adjacent to an activating group) is 3. The number of nitrogens with one attached hydrogen (secondary N) is 2. The van der Waals surface area contributed by atoms with Crippen LogP contribution in [-0.2, 0) is 21.5 Å². The van der Waals surface area contributed by atoms with Crippen LogP contribution >= 0.6 is 0 Å². The van der Waals surface area contributed by atoms with E-state index in [1.54, 1.807) is 14.1 Å². The van der Waals surface area contributed by atoms with Crippen molar-refractivity contribution in [2.24, 2.45) is 0 Å². The van der Waals surface area contributed by atoms with Crippen LogP contribution in [0.1, 0.15) is 31.9 Å². The molecule has 1 unspecified atom stereocenters. The van der Waals surface area contributed by atoms with Gasteiger partial charge in [-0.3, -0.25) is 9.59 Å². The van der Waals surface area contributed by atoms with Gasteiger partial charge in [-0.25, -0.2) is 0 Å². The first-order chi connectivity index (χ1) is 10.6. The quantitative estimate of drug-likeness (QED) is 0.787. The minimum Gasteiger partial charge on any atom is -0.358 e. The molecule has 0 saturated carbocycles. The predicted molar refractivity (Wildman–Crippen MR) is 92.3 cm³/mol. The highest BCUT2D eigenvalue weighted by Gasteiger charge is 2.17. The van der Waals surface area contributed by atoms with E-state index in [1.165, 1.54) is 16.0 Å². The van der Waals surface area contributed by atoms with Gasteiger partial charge in [0.1, 0.15) is 6.54 Å². The van der Waals surface area contributed by atoms with Crippen LogP contribution in [0, 0.1) is 0 Å². The molecule has 0 radical (unpaired) electrons. The molecule has 128 valence electrons. The van der Waals surface area contributed by atoms with Gasteiger partial charge >= 0.3 is 0 Å². The molecular weight excluding hydrogens is 290 g/mol. The van der Waals surface area contributed by atoms with Gasteiger partial charge in [0.05, 0.1) is 13.6 Å². The molecule has 2 N–H and O–H groups in total. The molecular formula is C18H30N3O2+. The first-order valence-corrected chi connectivity index (χ1v) is 7.98. The van der Waals surface area contributed by atoms with Gasteiger partial charge < -0.3 is 15.1 Å². The molecule has 5 nitrogen and oxygen atoms in total. The van der Waals surface area contributed by atoms with Gasteiger partial charge in [-0.1, -0.05) is 45.0 Å². The molecule has 0 aliphatic heterocycles.